The van der Waals surface area contributed by atoms with Crippen LogP contribution in [0.15, 0.2) is 18.3 Å². The Morgan fingerprint density at radius 3 is 2.76 bits per heavy atom. The van der Waals surface area contributed by atoms with Crippen molar-refractivity contribution in [3.8, 4) is 11.8 Å². The van der Waals surface area contributed by atoms with Crippen molar-refractivity contribution >= 4 is 46.6 Å². The van der Waals surface area contributed by atoms with Gasteiger partial charge in [-0.3, -0.25) is 4.79 Å². The topological polar surface area (TPSA) is 79.9 Å². The summed E-state index contributed by atoms with van der Waals surface area (Å²) in [5.74, 6) is 0.0687. The molecule has 132 valence electrons. The molecule has 1 aromatic heterocycles. The molecule has 1 heterocycles. The molecule has 0 amide bonds. The molecule has 1 aromatic carbocycles. The Morgan fingerprint density at radius 2 is 2.12 bits per heavy atom. The van der Waals surface area contributed by atoms with Gasteiger partial charge in [0.05, 0.1) is 40.0 Å². The third-order valence-electron chi connectivity index (χ3n) is 3.29. The number of carbonyl (C=O) groups excluding carboxylic acids is 1. The normalized spacial score (nSPS) is 11.7. The van der Waals surface area contributed by atoms with Crippen molar-refractivity contribution in [2.24, 2.45) is 0 Å². The second-order valence-corrected chi connectivity index (χ2v) is 6.34. The number of ether oxygens (including phenoxy) is 1. The molecule has 0 saturated heterocycles. The Labute approximate surface area is 160 Å². The molecule has 1 N–H and O–H groups in total. The van der Waals surface area contributed by atoms with E-state index >= 15 is 0 Å². The van der Waals surface area contributed by atoms with Gasteiger partial charge in [-0.05, 0) is 26.0 Å². The molecule has 0 aliphatic carbocycles. The van der Waals surface area contributed by atoms with Gasteiger partial charge < -0.3 is 10.1 Å². The molecule has 0 aliphatic heterocycles. The third-order valence-corrected chi connectivity index (χ3v) is 4.58. The van der Waals surface area contributed by atoms with E-state index in [0.717, 1.165) is 0 Å². The quantitative estimate of drug-likeness (QED) is 0.571. The highest BCUT2D eigenvalue weighted by atomic mass is 35.5. The smallest absolute Gasteiger partial charge is 0.307 e. The van der Waals surface area contributed by atoms with Crippen molar-refractivity contribution < 1.29 is 9.53 Å². The SMILES string of the molecule is CCOC(=O)CC(C)Nc1c(C#N)cnn1-c1ccc(Cl)c(Cl)c1Cl. The molecular weight excluding hydrogens is 387 g/mol. The van der Waals surface area contributed by atoms with Crippen molar-refractivity contribution in [1.82, 2.24) is 9.78 Å². The summed E-state index contributed by atoms with van der Waals surface area (Å²) in [4.78, 5) is 11.6. The van der Waals surface area contributed by atoms with Crippen LogP contribution in [0.2, 0.25) is 15.1 Å². The molecule has 0 spiro atoms. The van der Waals surface area contributed by atoms with E-state index in [-0.39, 0.29) is 28.5 Å². The number of nitrogens with one attached hydrogen (secondary N) is 1. The minimum absolute atomic E-state index is 0.138. The zero-order valence-corrected chi connectivity index (χ0v) is 15.8. The molecule has 0 saturated carbocycles. The van der Waals surface area contributed by atoms with Crippen LogP contribution >= 0.6 is 34.8 Å². The number of benzene rings is 1. The summed E-state index contributed by atoms with van der Waals surface area (Å²) in [6, 6.07) is 4.99. The molecule has 1 unspecified atom stereocenters. The first-order valence-corrected chi connectivity index (χ1v) is 8.56. The van der Waals surface area contributed by atoms with Gasteiger partial charge >= 0.3 is 5.97 Å². The van der Waals surface area contributed by atoms with Crippen molar-refractivity contribution in [1.29, 1.82) is 5.26 Å². The van der Waals surface area contributed by atoms with E-state index in [0.29, 0.717) is 28.7 Å². The number of nitriles is 1. The Balaban J connectivity index is 2.37. The number of rotatable bonds is 6. The molecule has 0 aliphatic rings. The predicted octanol–water partition coefficient (Wildman–Crippen LogP) is 4.46. The lowest BCUT2D eigenvalue weighted by atomic mass is 10.2. The van der Waals surface area contributed by atoms with Gasteiger partial charge in [-0.15, -0.1) is 0 Å². The largest absolute Gasteiger partial charge is 0.466 e. The third kappa shape index (κ3) is 4.37. The van der Waals surface area contributed by atoms with E-state index in [4.69, 9.17) is 39.5 Å². The maximum absolute atomic E-state index is 11.6. The fourth-order valence-corrected chi connectivity index (χ4v) is 2.80. The molecule has 2 rings (SSSR count). The highest BCUT2D eigenvalue weighted by Gasteiger charge is 2.19. The zero-order valence-electron chi connectivity index (χ0n) is 13.5. The van der Waals surface area contributed by atoms with Crippen LogP contribution in [0.5, 0.6) is 0 Å². The molecule has 0 fully saturated rings. The van der Waals surface area contributed by atoms with Crippen LogP contribution in [0.1, 0.15) is 25.8 Å². The van der Waals surface area contributed by atoms with E-state index in [2.05, 4.69) is 16.5 Å². The van der Waals surface area contributed by atoms with Crippen LogP contribution < -0.4 is 5.32 Å². The van der Waals surface area contributed by atoms with Crippen molar-refractivity contribution in [2.45, 2.75) is 26.3 Å². The Bertz CT molecular complexity index is 830. The van der Waals surface area contributed by atoms with Gasteiger partial charge in [-0.25, -0.2) is 4.68 Å². The maximum atomic E-state index is 11.6. The molecule has 25 heavy (non-hydrogen) atoms. The van der Waals surface area contributed by atoms with Crippen LogP contribution in [0.3, 0.4) is 0 Å². The average molecular weight is 402 g/mol. The van der Waals surface area contributed by atoms with E-state index < -0.39 is 0 Å². The van der Waals surface area contributed by atoms with Crippen LogP contribution in [-0.2, 0) is 9.53 Å². The van der Waals surface area contributed by atoms with E-state index in [1.807, 2.05) is 0 Å². The number of hydrogen-bond acceptors (Lipinski definition) is 5. The van der Waals surface area contributed by atoms with E-state index in [1.165, 1.54) is 10.9 Å². The minimum Gasteiger partial charge on any atom is -0.466 e. The highest BCUT2D eigenvalue weighted by Crippen LogP contribution is 2.36. The highest BCUT2D eigenvalue weighted by molar-refractivity contribution is 6.48. The summed E-state index contributed by atoms with van der Waals surface area (Å²) in [5, 5.41) is 17.3. The van der Waals surface area contributed by atoms with Gasteiger partial charge in [0.15, 0.2) is 0 Å². The lowest BCUT2D eigenvalue weighted by molar-refractivity contribution is -0.143. The van der Waals surface area contributed by atoms with Gasteiger partial charge in [0.1, 0.15) is 17.5 Å². The first-order chi connectivity index (χ1) is 11.9. The molecule has 0 radical (unpaired) electrons. The standard InChI is InChI=1S/C16H15Cl3N4O2/c1-3-25-13(24)6-9(2)22-16-10(7-20)8-21-23(16)12-5-4-11(17)14(18)15(12)19/h4-5,8-9,22H,3,6H2,1-2H3. The lowest BCUT2D eigenvalue weighted by Crippen LogP contribution is -2.23. The van der Waals surface area contributed by atoms with Crippen molar-refractivity contribution in [3.63, 3.8) is 0 Å². The number of halogens is 3. The summed E-state index contributed by atoms with van der Waals surface area (Å²) in [5.41, 5.74) is 0.765. The minimum atomic E-state index is -0.334. The Hall–Kier alpha value is -1.94. The second-order valence-electron chi connectivity index (χ2n) is 5.18. The van der Waals surface area contributed by atoms with E-state index in [1.54, 1.807) is 26.0 Å². The number of nitrogens with zero attached hydrogens (tertiary/aromatic N) is 3. The molecule has 2 aromatic rings. The van der Waals surface area contributed by atoms with Crippen LogP contribution in [0.25, 0.3) is 5.69 Å². The number of anilines is 1. The maximum Gasteiger partial charge on any atom is 0.307 e. The zero-order chi connectivity index (χ0) is 18.6. The molecule has 9 heteroatoms. The molecular formula is C16H15Cl3N4O2. The number of esters is 1. The second kappa shape index (κ2) is 8.43. The Morgan fingerprint density at radius 1 is 1.40 bits per heavy atom. The van der Waals surface area contributed by atoms with Gasteiger partial charge in [-0.2, -0.15) is 10.4 Å². The van der Waals surface area contributed by atoms with Gasteiger partial charge in [-0.1, -0.05) is 34.8 Å². The fourth-order valence-electron chi connectivity index (χ4n) is 2.19. The number of aromatic nitrogens is 2. The summed E-state index contributed by atoms with van der Waals surface area (Å²) < 4.78 is 6.38. The van der Waals surface area contributed by atoms with Crippen molar-refractivity contribution in [2.75, 3.05) is 11.9 Å². The van der Waals surface area contributed by atoms with Crippen LogP contribution in [0.4, 0.5) is 5.82 Å². The van der Waals surface area contributed by atoms with Crippen molar-refractivity contribution in [3.05, 3.63) is 39.0 Å². The number of hydrogen-bond donors (Lipinski definition) is 1. The first-order valence-electron chi connectivity index (χ1n) is 7.43. The fraction of sp³-hybridized carbons (Fsp3) is 0.312. The summed E-state index contributed by atoms with van der Waals surface area (Å²) in [7, 11) is 0. The van der Waals surface area contributed by atoms with Crippen LogP contribution in [-0.4, -0.2) is 28.4 Å². The predicted molar refractivity (Wildman–Crippen MR) is 97.6 cm³/mol. The Kier molecular flexibility index (Phi) is 6.54. The average Bonchev–Trinajstić information content (AvgIpc) is 2.95. The number of carbonyl (C=O) groups is 1. The molecule has 1 atom stereocenters. The van der Waals surface area contributed by atoms with Gasteiger partial charge in [0.25, 0.3) is 0 Å². The summed E-state index contributed by atoms with van der Waals surface area (Å²) in [6.45, 7) is 3.85. The van der Waals surface area contributed by atoms with E-state index in [9.17, 15) is 10.1 Å². The van der Waals surface area contributed by atoms with Crippen LogP contribution in [0, 0.1) is 11.3 Å². The molecule has 0 bridgehead atoms. The summed E-state index contributed by atoms with van der Waals surface area (Å²) in [6.07, 6.45) is 1.54. The van der Waals surface area contributed by atoms with Gasteiger partial charge in [0, 0.05) is 6.04 Å². The molecule has 6 nitrogen and oxygen atoms in total. The monoisotopic (exact) mass is 400 g/mol. The first kappa shape index (κ1) is 19.4. The summed E-state index contributed by atoms with van der Waals surface area (Å²) >= 11 is 18.3. The lowest BCUT2D eigenvalue weighted by Gasteiger charge is -2.17. The van der Waals surface area contributed by atoms with Gasteiger partial charge in [0.2, 0.25) is 0 Å².